The molecular weight excluding hydrogens is 442 g/mol. The van der Waals surface area contributed by atoms with E-state index in [0.29, 0.717) is 18.0 Å². The summed E-state index contributed by atoms with van der Waals surface area (Å²) in [5.41, 5.74) is 1.06. The fraction of sp³-hybridized carbons (Fsp3) is 0.480. The Balaban J connectivity index is 2.18. The minimum atomic E-state index is -3.65. The highest BCUT2D eigenvalue weighted by Crippen LogP contribution is 2.47. The molecule has 0 amide bonds. The summed E-state index contributed by atoms with van der Waals surface area (Å²) >= 11 is 0. The molecule has 0 radical (unpaired) electrons. The molecule has 1 aliphatic heterocycles. The quantitative estimate of drug-likeness (QED) is 0.513. The van der Waals surface area contributed by atoms with Crippen LogP contribution >= 0.6 is 0 Å². The number of anilines is 2. The van der Waals surface area contributed by atoms with Crippen LogP contribution in [0.1, 0.15) is 46.0 Å². The Bertz CT molecular complexity index is 1070. The SMILES string of the molecule is CCCCC1(CC)CN(c2ccccc2)c2cc(OC)c(OCCC(=O)O)cc2S(=O)(=O)C1. The van der Waals surface area contributed by atoms with Crippen molar-refractivity contribution in [3.05, 3.63) is 42.5 Å². The van der Waals surface area contributed by atoms with Crippen molar-refractivity contribution in [3.8, 4) is 11.5 Å². The molecule has 2 aromatic rings. The molecule has 1 heterocycles. The summed E-state index contributed by atoms with van der Waals surface area (Å²) < 4.78 is 38.6. The number of benzene rings is 2. The van der Waals surface area contributed by atoms with Crippen molar-refractivity contribution < 1.29 is 27.8 Å². The van der Waals surface area contributed by atoms with Crippen molar-refractivity contribution in [2.75, 3.05) is 30.9 Å². The monoisotopic (exact) mass is 475 g/mol. The maximum atomic E-state index is 13.7. The number of aliphatic carboxylic acids is 1. The van der Waals surface area contributed by atoms with Crippen molar-refractivity contribution in [2.45, 2.75) is 50.8 Å². The van der Waals surface area contributed by atoms with Crippen molar-refractivity contribution in [1.29, 1.82) is 0 Å². The van der Waals surface area contributed by atoms with Gasteiger partial charge in [0.25, 0.3) is 0 Å². The first-order chi connectivity index (χ1) is 15.7. The Morgan fingerprint density at radius 1 is 1.15 bits per heavy atom. The standard InChI is InChI=1S/C25H33NO6S/c1-4-6-13-25(5-2)17-26(19-10-8-7-9-11-19)20-15-21(31-3)22(32-14-12-24(27)28)16-23(20)33(29,30)18-25/h7-11,15-16H,4-6,12-14,17-18H2,1-3H3,(H,27,28). The van der Waals surface area contributed by atoms with Crippen LogP contribution in [0.15, 0.2) is 47.4 Å². The van der Waals surface area contributed by atoms with Crippen LogP contribution in [0, 0.1) is 5.41 Å². The number of carboxylic acids is 1. The summed E-state index contributed by atoms with van der Waals surface area (Å²) in [5.74, 6) is -0.344. The third kappa shape index (κ3) is 5.61. The smallest absolute Gasteiger partial charge is 0.306 e. The predicted octanol–water partition coefficient (Wildman–Crippen LogP) is 5.06. The molecule has 0 fully saturated rings. The Kier molecular flexibility index (Phi) is 7.89. The number of para-hydroxylation sites is 1. The van der Waals surface area contributed by atoms with E-state index in [1.54, 1.807) is 6.07 Å². The minimum absolute atomic E-state index is 0.0493. The highest BCUT2D eigenvalue weighted by atomic mass is 32.2. The molecule has 180 valence electrons. The number of hydrogen-bond donors (Lipinski definition) is 1. The minimum Gasteiger partial charge on any atom is -0.493 e. The molecule has 1 N–H and O–H groups in total. The Hall–Kier alpha value is -2.74. The van der Waals surface area contributed by atoms with E-state index in [4.69, 9.17) is 14.6 Å². The molecule has 0 saturated heterocycles. The second-order valence-electron chi connectivity index (χ2n) is 8.60. The number of nitrogens with zero attached hydrogens (tertiary/aromatic N) is 1. The summed E-state index contributed by atoms with van der Waals surface area (Å²) in [4.78, 5) is 13.2. The lowest BCUT2D eigenvalue weighted by Crippen LogP contribution is -2.37. The van der Waals surface area contributed by atoms with Gasteiger partial charge in [-0.2, -0.15) is 0 Å². The number of hydrogen-bond acceptors (Lipinski definition) is 6. The summed E-state index contributed by atoms with van der Waals surface area (Å²) in [6.45, 7) is 4.67. The van der Waals surface area contributed by atoms with E-state index in [2.05, 4.69) is 18.7 Å². The predicted molar refractivity (Wildman–Crippen MR) is 128 cm³/mol. The Morgan fingerprint density at radius 3 is 2.48 bits per heavy atom. The summed E-state index contributed by atoms with van der Waals surface area (Å²) in [6, 6.07) is 13.0. The second-order valence-corrected chi connectivity index (χ2v) is 10.6. The van der Waals surface area contributed by atoms with Gasteiger partial charge in [-0.15, -0.1) is 0 Å². The van der Waals surface area contributed by atoms with Gasteiger partial charge in [0.05, 0.1) is 36.5 Å². The van der Waals surface area contributed by atoms with Gasteiger partial charge in [-0.3, -0.25) is 4.79 Å². The summed E-state index contributed by atoms with van der Waals surface area (Å²) in [6.07, 6.45) is 3.31. The van der Waals surface area contributed by atoms with E-state index in [9.17, 15) is 13.2 Å². The van der Waals surface area contributed by atoms with E-state index in [1.165, 1.54) is 13.2 Å². The molecule has 2 aromatic carbocycles. The van der Waals surface area contributed by atoms with Crippen LogP contribution in [0.4, 0.5) is 11.4 Å². The molecule has 7 nitrogen and oxygen atoms in total. The number of unbranched alkanes of at least 4 members (excludes halogenated alkanes) is 1. The maximum Gasteiger partial charge on any atom is 0.306 e. The summed E-state index contributed by atoms with van der Waals surface area (Å²) in [7, 11) is -2.16. The van der Waals surface area contributed by atoms with Crippen LogP contribution < -0.4 is 14.4 Å². The molecule has 0 aliphatic carbocycles. The average molecular weight is 476 g/mol. The van der Waals surface area contributed by atoms with E-state index in [-0.39, 0.29) is 29.4 Å². The molecule has 1 unspecified atom stereocenters. The molecular formula is C25H33NO6S. The van der Waals surface area contributed by atoms with Crippen LogP contribution in [0.5, 0.6) is 11.5 Å². The first-order valence-electron chi connectivity index (χ1n) is 11.4. The van der Waals surface area contributed by atoms with Crippen molar-refractivity contribution in [3.63, 3.8) is 0 Å². The molecule has 0 bridgehead atoms. The van der Waals surface area contributed by atoms with Gasteiger partial charge in [0.1, 0.15) is 0 Å². The van der Waals surface area contributed by atoms with Gasteiger partial charge in [0.15, 0.2) is 21.3 Å². The van der Waals surface area contributed by atoms with Gasteiger partial charge >= 0.3 is 5.97 Å². The molecule has 1 atom stereocenters. The van der Waals surface area contributed by atoms with Crippen LogP contribution in [0.3, 0.4) is 0 Å². The fourth-order valence-corrected chi connectivity index (χ4v) is 6.57. The number of ether oxygens (including phenoxy) is 2. The maximum absolute atomic E-state index is 13.7. The average Bonchev–Trinajstić information content (AvgIpc) is 2.90. The van der Waals surface area contributed by atoms with Crippen molar-refractivity contribution >= 4 is 27.2 Å². The largest absolute Gasteiger partial charge is 0.493 e. The zero-order chi connectivity index (χ0) is 24.1. The van der Waals surface area contributed by atoms with Gasteiger partial charge in [-0.25, -0.2) is 8.42 Å². The number of methoxy groups -OCH3 is 1. The van der Waals surface area contributed by atoms with Crippen LogP contribution in [0.2, 0.25) is 0 Å². The zero-order valence-corrected chi connectivity index (χ0v) is 20.4. The van der Waals surface area contributed by atoms with E-state index < -0.39 is 21.2 Å². The zero-order valence-electron chi connectivity index (χ0n) is 19.5. The van der Waals surface area contributed by atoms with Crippen molar-refractivity contribution in [1.82, 2.24) is 0 Å². The van der Waals surface area contributed by atoms with E-state index in [0.717, 1.165) is 31.4 Å². The number of carboxylic acid groups (broad SMARTS) is 1. The number of sulfone groups is 1. The second kappa shape index (κ2) is 10.5. The third-order valence-corrected chi connectivity index (χ3v) is 8.30. The van der Waals surface area contributed by atoms with E-state index in [1.807, 2.05) is 30.3 Å². The Morgan fingerprint density at radius 2 is 1.88 bits per heavy atom. The lowest BCUT2D eigenvalue weighted by atomic mass is 9.81. The van der Waals surface area contributed by atoms with Gasteiger partial charge in [0, 0.05) is 29.8 Å². The lowest BCUT2D eigenvalue weighted by Gasteiger charge is -2.36. The molecule has 0 aromatic heterocycles. The van der Waals surface area contributed by atoms with Crippen LogP contribution in [-0.2, 0) is 14.6 Å². The first kappa shape index (κ1) is 24.9. The molecule has 3 rings (SSSR count). The number of fused-ring (bicyclic) bond motifs is 1. The highest BCUT2D eigenvalue weighted by Gasteiger charge is 2.42. The molecule has 8 heteroatoms. The van der Waals surface area contributed by atoms with Crippen LogP contribution in [-0.4, -0.2) is 45.5 Å². The van der Waals surface area contributed by atoms with Crippen molar-refractivity contribution in [2.24, 2.45) is 5.41 Å². The molecule has 0 saturated carbocycles. The van der Waals surface area contributed by atoms with Gasteiger partial charge in [0.2, 0.25) is 0 Å². The molecule has 33 heavy (non-hydrogen) atoms. The third-order valence-electron chi connectivity index (χ3n) is 6.31. The van der Waals surface area contributed by atoms with Gasteiger partial charge in [-0.1, -0.05) is 44.9 Å². The fourth-order valence-electron chi connectivity index (χ4n) is 4.39. The van der Waals surface area contributed by atoms with Gasteiger partial charge < -0.3 is 19.5 Å². The first-order valence-corrected chi connectivity index (χ1v) is 13.0. The summed E-state index contributed by atoms with van der Waals surface area (Å²) in [5, 5.41) is 8.93. The molecule has 1 aliphatic rings. The molecule has 0 spiro atoms. The topological polar surface area (TPSA) is 93.1 Å². The lowest BCUT2D eigenvalue weighted by molar-refractivity contribution is -0.137. The number of rotatable bonds is 10. The Labute approximate surface area is 196 Å². The van der Waals surface area contributed by atoms with E-state index >= 15 is 0 Å². The normalized spacial score (nSPS) is 19.4. The van der Waals surface area contributed by atoms with Crippen LogP contribution in [0.25, 0.3) is 0 Å². The number of carbonyl (C=O) groups is 1. The highest BCUT2D eigenvalue weighted by molar-refractivity contribution is 7.91. The van der Waals surface area contributed by atoms with Gasteiger partial charge in [-0.05, 0) is 25.0 Å².